The molecule has 1 aliphatic rings. The molecule has 4 aromatic rings. The summed E-state index contributed by atoms with van der Waals surface area (Å²) in [6, 6.07) is 12.8. The third kappa shape index (κ3) is 4.74. The molecule has 0 saturated carbocycles. The molecule has 8 nitrogen and oxygen atoms in total. The molecule has 0 atom stereocenters. The molecule has 0 spiro atoms. The van der Waals surface area contributed by atoms with E-state index in [1.54, 1.807) is 30.5 Å². The number of fused-ring (bicyclic) bond motifs is 3. The summed E-state index contributed by atoms with van der Waals surface area (Å²) in [4.78, 5) is 28.5. The van der Waals surface area contributed by atoms with Crippen LogP contribution in [0.2, 0.25) is 5.02 Å². The van der Waals surface area contributed by atoms with Gasteiger partial charge in [-0.1, -0.05) is 27.5 Å². The van der Waals surface area contributed by atoms with Crippen molar-refractivity contribution in [3.8, 4) is 0 Å². The van der Waals surface area contributed by atoms with E-state index >= 15 is 0 Å². The number of nitrogens with zero attached hydrogens (tertiary/aromatic N) is 4. The smallest absolute Gasteiger partial charge is 0.291 e. The molecular formula is C24H23BrClN5O3. The summed E-state index contributed by atoms with van der Waals surface area (Å²) in [5.74, 6) is -0.338. The van der Waals surface area contributed by atoms with E-state index in [0.717, 1.165) is 53.6 Å². The lowest BCUT2D eigenvalue weighted by atomic mass is 10.2. The molecule has 2 aromatic heterocycles. The van der Waals surface area contributed by atoms with Gasteiger partial charge < -0.3 is 14.6 Å². The van der Waals surface area contributed by atoms with E-state index < -0.39 is 0 Å². The second-order valence-electron chi connectivity index (χ2n) is 8.19. The highest BCUT2D eigenvalue weighted by Crippen LogP contribution is 2.29. The van der Waals surface area contributed by atoms with E-state index in [0.29, 0.717) is 22.8 Å². The van der Waals surface area contributed by atoms with Crippen molar-refractivity contribution in [2.24, 2.45) is 0 Å². The number of hydrogen-bond acceptors (Lipinski definition) is 5. The van der Waals surface area contributed by atoms with Gasteiger partial charge in [0.25, 0.3) is 5.56 Å². The molecule has 1 N–H and O–H groups in total. The van der Waals surface area contributed by atoms with Crippen LogP contribution in [0.1, 0.15) is 0 Å². The van der Waals surface area contributed by atoms with Crippen LogP contribution in [0, 0.1) is 0 Å². The zero-order chi connectivity index (χ0) is 23.7. The number of rotatable bonds is 6. The molecule has 1 fully saturated rings. The molecule has 2 aromatic carbocycles. The molecule has 1 amide bonds. The van der Waals surface area contributed by atoms with Crippen LogP contribution in [0.25, 0.3) is 21.8 Å². The number of ether oxygens (including phenoxy) is 1. The maximum Gasteiger partial charge on any atom is 0.291 e. The van der Waals surface area contributed by atoms with E-state index in [4.69, 9.17) is 16.3 Å². The molecule has 10 heteroatoms. The fraction of sp³-hybridized carbons (Fsp3) is 0.292. The van der Waals surface area contributed by atoms with Gasteiger partial charge in [-0.2, -0.15) is 5.10 Å². The summed E-state index contributed by atoms with van der Waals surface area (Å²) in [6.45, 7) is 4.46. The zero-order valence-electron chi connectivity index (χ0n) is 18.3. The van der Waals surface area contributed by atoms with Gasteiger partial charge in [0.1, 0.15) is 12.1 Å². The topological polar surface area (TPSA) is 81.4 Å². The van der Waals surface area contributed by atoms with Gasteiger partial charge in [-0.25, -0.2) is 4.68 Å². The largest absolute Gasteiger partial charge is 0.379 e. The lowest BCUT2D eigenvalue weighted by Gasteiger charge is -2.26. The molecule has 5 rings (SSSR count). The van der Waals surface area contributed by atoms with Crippen LogP contribution in [0.3, 0.4) is 0 Å². The van der Waals surface area contributed by atoms with E-state index in [2.05, 4.69) is 31.2 Å². The van der Waals surface area contributed by atoms with Crippen molar-refractivity contribution in [1.82, 2.24) is 19.2 Å². The fourth-order valence-corrected chi connectivity index (χ4v) is 4.78. The van der Waals surface area contributed by atoms with Crippen molar-refractivity contribution in [2.45, 2.75) is 13.1 Å². The van der Waals surface area contributed by atoms with Crippen molar-refractivity contribution in [1.29, 1.82) is 0 Å². The maximum absolute atomic E-state index is 13.5. The lowest BCUT2D eigenvalue weighted by molar-refractivity contribution is -0.117. The number of hydrogen-bond donors (Lipinski definition) is 1. The van der Waals surface area contributed by atoms with Crippen molar-refractivity contribution >= 4 is 60.9 Å². The highest BCUT2D eigenvalue weighted by Gasteiger charge is 2.19. The van der Waals surface area contributed by atoms with Gasteiger partial charge in [-0.15, -0.1) is 0 Å². The normalized spacial score (nSPS) is 14.6. The first-order valence-electron chi connectivity index (χ1n) is 11.0. The maximum atomic E-state index is 13.5. The summed E-state index contributed by atoms with van der Waals surface area (Å²) in [5, 5.41) is 9.40. The Bertz CT molecular complexity index is 1410. The third-order valence-electron chi connectivity index (χ3n) is 5.99. The first kappa shape index (κ1) is 23.0. The Hall–Kier alpha value is -2.72. The second-order valence-corrected chi connectivity index (χ2v) is 9.54. The highest BCUT2D eigenvalue weighted by molar-refractivity contribution is 9.10. The Labute approximate surface area is 209 Å². The summed E-state index contributed by atoms with van der Waals surface area (Å²) >= 11 is 9.44. The number of anilines is 1. The number of carbonyl (C=O) groups is 1. The van der Waals surface area contributed by atoms with Crippen molar-refractivity contribution in [3.05, 3.63) is 68.5 Å². The average Bonchev–Trinajstić information content (AvgIpc) is 3.15. The van der Waals surface area contributed by atoms with Crippen LogP contribution in [0.4, 0.5) is 5.69 Å². The summed E-state index contributed by atoms with van der Waals surface area (Å²) < 4.78 is 9.64. The Morgan fingerprint density at radius 2 is 1.85 bits per heavy atom. The average molecular weight is 545 g/mol. The van der Waals surface area contributed by atoms with Gasteiger partial charge in [-0.3, -0.25) is 14.5 Å². The molecule has 0 bridgehead atoms. The van der Waals surface area contributed by atoms with Gasteiger partial charge in [-0.05, 0) is 42.5 Å². The minimum absolute atomic E-state index is 0.188. The number of benzene rings is 2. The molecular weight excluding hydrogens is 522 g/mol. The third-order valence-corrected chi connectivity index (χ3v) is 6.74. The number of aromatic nitrogens is 3. The minimum Gasteiger partial charge on any atom is -0.379 e. The van der Waals surface area contributed by atoms with E-state index in [9.17, 15) is 9.59 Å². The monoisotopic (exact) mass is 543 g/mol. The lowest BCUT2D eigenvalue weighted by Crippen LogP contribution is -2.38. The van der Waals surface area contributed by atoms with Crippen LogP contribution < -0.4 is 10.9 Å². The summed E-state index contributed by atoms with van der Waals surface area (Å²) in [6.07, 6.45) is 1.67. The minimum atomic E-state index is -0.338. The summed E-state index contributed by atoms with van der Waals surface area (Å²) in [7, 11) is 0. The van der Waals surface area contributed by atoms with Crippen LogP contribution in [-0.2, 0) is 22.6 Å². The van der Waals surface area contributed by atoms with E-state index in [-0.39, 0.29) is 18.0 Å². The van der Waals surface area contributed by atoms with Gasteiger partial charge in [0.2, 0.25) is 5.91 Å². The molecule has 0 radical (unpaired) electrons. The van der Waals surface area contributed by atoms with Crippen molar-refractivity contribution < 1.29 is 9.53 Å². The number of nitrogens with one attached hydrogen (secondary N) is 1. The molecule has 34 heavy (non-hydrogen) atoms. The van der Waals surface area contributed by atoms with E-state index in [1.807, 2.05) is 22.8 Å². The van der Waals surface area contributed by atoms with Crippen LogP contribution in [-0.4, -0.2) is 58.0 Å². The number of amides is 1. The first-order valence-corrected chi connectivity index (χ1v) is 12.2. The number of morpholine rings is 1. The first-order chi connectivity index (χ1) is 16.5. The van der Waals surface area contributed by atoms with Crippen molar-refractivity contribution in [3.63, 3.8) is 0 Å². The fourth-order valence-electron chi connectivity index (χ4n) is 4.30. The van der Waals surface area contributed by atoms with Crippen molar-refractivity contribution in [2.75, 3.05) is 38.2 Å². The number of carbonyl (C=O) groups excluding carboxylic acids is 1. The van der Waals surface area contributed by atoms with Gasteiger partial charge >= 0.3 is 0 Å². The predicted molar refractivity (Wildman–Crippen MR) is 137 cm³/mol. The molecule has 1 aliphatic heterocycles. The molecule has 176 valence electrons. The molecule has 3 heterocycles. The Kier molecular flexibility index (Phi) is 6.69. The van der Waals surface area contributed by atoms with Gasteiger partial charge in [0, 0.05) is 57.7 Å². The molecule has 0 aliphatic carbocycles. The second kappa shape index (κ2) is 9.87. The summed E-state index contributed by atoms with van der Waals surface area (Å²) in [5.41, 5.74) is 1.83. The number of halogens is 2. The SMILES string of the molecule is O=C(Cn1ncc2c3cc(Br)ccc3n(CCN3CCOCC3)c2c1=O)Nc1ccc(Cl)cc1. The van der Waals surface area contributed by atoms with E-state index in [1.165, 1.54) is 4.68 Å². The van der Waals surface area contributed by atoms with Crippen LogP contribution in [0.15, 0.2) is 57.9 Å². The quantitative estimate of drug-likeness (QED) is 0.400. The standard InChI is InChI=1S/C24H23BrClN5O3/c25-16-1-6-21-19(13-16)20-14-27-31(15-22(32)28-18-4-2-17(26)3-5-18)24(33)23(20)30(21)8-7-29-9-11-34-12-10-29/h1-6,13-14H,7-12,15H2,(H,28,32). The molecule has 0 unspecified atom stereocenters. The highest BCUT2D eigenvalue weighted by atomic mass is 79.9. The molecule has 1 saturated heterocycles. The Morgan fingerprint density at radius 1 is 1.09 bits per heavy atom. The Balaban J connectivity index is 1.49. The zero-order valence-corrected chi connectivity index (χ0v) is 20.7. The van der Waals surface area contributed by atoms with Crippen LogP contribution >= 0.6 is 27.5 Å². The van der Waals surface area contributed by atoms with Gasteiger partial charge in [0.05, 0.1) is 19.4 Å². The Morgan fingerprint density at radius 3 is 2.62 bits per heavy atom. The van der Waals surface area contributed by atoms with Crippen LogP contribution in [0.5, 0.6) is 0 Å². The predicted octanol–water partition coefficient (Wildman–Crippen LogP) is 3.74. The van der Waals surface area contributed by atoms with Gasteiger partial charge in [0.15, 0.2) is 0 Å².